The maximum atomic E-state index is 12.4. The summed E-state index contributed by atoms with van der Waals surface area (Å²) in [6, 6.07) is 17.9. The Morgan fingerprint density at radius 1 is 0.929 bits per heavy atom. The van der Waals surface area contributed by atoms with Crippen LogP contribution in [0, 0.1) is 6.92 Å². The van der Waals surface area contributed by atoms with Gasteiger partial charge in [0.2, 0.25) is 0 Å². The number of nitrogens with zero attached hydrogens (tertiary/aromatic N) is 2. The van der Waals surface area contributed by atoms with Crippen molar-refractivity contribution >= 4 is 65.0 Å². The predicted molar refractivity (Wildman–Crippen MR) is 117 cm³/mol. The van der Waals surface area contributed by atoms with Crippen LogP contribution in [0.15, 0.2) is 54.6 Å². The van der Waals surface area contributed by atoms with Gasteiger partial charge < -0.3 is 5.32 Å². The fraction of sp³-hybridized carbons (Fsp3) is 0.0952. The average molecular weight is 405 g/mol. The molecule has 0 atom stereocenters. The zero-order valence-electron chi connectivity index (χ0n) is 15.0. The highest BCUT2D eigenvalue weighted by molar-refractivity contribution is 7.28. The Kier molecular flexibility index (Phi) is 4.18. The molecule has 0 fully saturated rings. The lowest BCUT2D eigenvalue weighted by Gasteiger charge is -2.08. The number of rotatable bonds is 3. The third-order valence-corrected chi connectivity index (χ3v) is 6.70. The molecule has 2 N–H and O–H groups in total. The van der Waals surface area contributed by atoms with Crippen molar-refractivity contribution < 1.29 is 4.79 Å². The topological polar surface area (TPSA) is 66.9 Å². The molecule has 0 aliphatic heterocycles. The molecule has 2 amide bonds. The second-order valence-corrected chi connectivity index (χ2v) is 8.66. The number of benzene rings is 3. The standard InChI is InChI=1S/C21H16N4OS2/c1-12-23-16-9-10-17-19(18(16)27-12)28-21(24-17)25-20(26)22-11-14-7-4-6-13-5-2-3-8-15(13)14/h2-10H,11H2,1H3,(H2,22,24,25,26). The van der Waals surface area contributed by atoms with Crippen molar-refractivity contribution in [2.45, 2.75) is 13.5 Å². The van der Waals surface area contributed by atoms with E-state index in [0.29, 0.717) is 11.7 Å². The normalized spacial score (nSPS) is 11.3. The lowest BCUT2D eigenvalue weighted by molar-refractivity contribution is 0.252. The SMILES string of the molecule is Cc1nc2ccc3nc(NC(=O)NCc4cccc5ccccc45)sc3c2s1. The van der Waals surface area contributed by atoms with Gasteiger partial charge in [0, 0.05) is 6.54 Å². The minimum Gasteiger partial charge on any atom is -0.334 e. The Bertz CT molecular complexity index is 1330. The Morgan fingerprint density at radius 3 is 2.57 bits per heavy atom. The van der Waals surface area contributed by atoms with Crippen molar-refractivity contribution in [2.75, 3.05) is 5.32 Å². The molecule has 0 saturated carbocycles. The molecule has 0 aliphatic rings. The zero-order chi connectivity index (χ0) is 19.1. The van der Waals surface area contributed by atoms with Crippen molar-refractivity contribution in [2.24, 2.45) is 0 Å². The summed E-state index contributed by atoms with van der Waals surface area (Å²) in [5.41, 5.74) is 2.94. The molecule has 2 heterocycles. The largest absolute Gasteiger partial charge is 0.334 e. The Balaban J connectivity index is 1.34. The number of anilines is 1. The summed E-state index contributed by atoms with van der Waals surface area (Å²) in [6.07, 6.45) is 0. The van der Waals surface area contributed by atoms with E-state index in [2.05, 4.69) is 38.8 Å². The molecule has 7 heteroatoms. The molecule has 0 spiro atoms. The highest BCUT2D eigenvalue weighted by atomic mass is 32.1. The molecule has 0 saturated heterocycles. The lowest BCUT2D eigenvalue weighted by Crippen LogP contribution is -2.28. The van der Waals surface area contributed by atoms with Crippen molar-refractivity contribution in [1.29, 1.82) is 0 Å². The Hall–Kier alpha value is -3.03. The van der Waals surface area contributed by atoms with E-state index in [4.69, 9.17) is 0 Å². The number of amides is 2. The summed E-state index contributed by atoms with van der Waals surface area (Å²) in [5.74, 6) is 0. The highest BCUT2D eigenvalue weighted by Crippen LogP contribution is 2.35. The molecule has 2 aromatic heterocycles. The van der Waals surface area contributed by atoms with Gasteiger partial charge in [-0.2, -0.15) is 0 Å². The van der Waals surface area contributed by atoms with E-state index in [9.17, 15) is 4.79 Å². The van der Waals surface area contributed by atoms with E-state index in [1.165, 1.54) is 11.3 Å². The van der Waals surface area contributed by atoms with Crippen molar-refractivity contribution in [3.8, 4) is 0 Å². The fourth-order valence-corrected chi connectivity index (χ4v) is 5.30. The van der Waals surface area contributed by atoms with Crippen LogP contribution in [-0.2, 0) is 6.54 Å². The molecule has 5 nitrogen and oxygen atoms in total. The van der Waals surface area contributed by atoms with Gasteiger partial charge in [0.1, 0.15) is 0 Å². The summed E-state index contributed by atoms with van der Waals surface area (Å²) in [7, 11) is 0. The van der Waals surface area contributed by atoms with E-state index >= 15 is 0 Å². The molecule has 0 bridgehead atoms. The molecular formula is C21H16N4OS2. The van der Waals surface area contributed by atoms with Crippen LogP contribution in [0.4, 0.5) is 9.93 Å². The third-order valence-electron chi connectivity index (χ3n) is 4.56. The minimum absolute atomic E-state index is 0.260. The molecule has 138 valence electrons. The van der Waals surface area contributed by atoms with Gasteiger partial charge in [-0.1, -0.05) is 53.8 Å². The first-order chi connectivity index (χ1) is 13.7. The first-order valence-electron chi connectivity index (χ1n) is 8.85. The van der Waals surface area contributed by atoms with Gasteiger partial charge in [-0.3, -0.25) is 5.32 Å². The van der Waals surface area contributed by atoms with Crippen LogP contribution < -0.4 is 10.6 Å². The zero-order valence-corrected chi connectivity index (χ0v) is 16.7. The van der Waals surface area contributed by atoms with Crippen molar-refractivity contribution in [3.63, 3.8) is 0 Å². The molecule has 0 unspecified atom stereocenters. The first-order valence-corrected chi connectivity index (χ1v) is 10.5. The second kappa shape index (κ2) is 6.85. The summed E-state index contributed by atoms with van der Waals surface area (Å²) < 4.78 is 2.18. The average Bonchev–Trinajstić information content (AvgIpc) is 3.28. The third kappa shape index (κ3) is 3.08. The number of aryl methyl sites for hydroxylation is 1. The molecular weight excluding hydrogens is 388 g/mol. The summed E-state index contributed by atoms with van der Waals surface area (Å²) >= 11 is 3.13. The first kappa shape index (κ1) is 17.1. The summed E-state index contributed by atoms with van der Waals surface area (Å²) in [4.78, 5) is 21.5. The smallest absolute Gasteiger partial charge is 0.321 e. The van der Waals surface area contributed by atoms with Crippen LogP contribution in [0.1, 0.15) is 10.6 Å². The van der Waals surface area contributed by atoms with E-state index in [1.807, 2.05) is 43.3 Å². The lowest BCUT2D eigenvalue weighted by atomic mass is 10.0. The summed E-state index contributed by atoms with van der Waals surface area (Å²) in [5, 5.41) is 9.72. The number of nitrogens with one attached hydrogen (secondary N) is 2. The van der Waals surface area contributed by atoms with Crippen molar-refractivity contribution in [3.05, 3.63) is 65.2 Å². The molecule has 0 aliphatic carbocycles. The number of carbonyl (C=O) groups excluding carboxylic acids is 1. The molecule has 3 aromatic carbocycles. The van der Waals surface area contributed by atoms with Crippen LogP contribution >= 0.6 is 22.7 Å². The number of hydrogen-bond acceptors (Lipinski definition) is 5. The van der Waals surface area contributed by atoms with Gasteiger partial charge in [0.05, 0.1) is 25.4 Å². The van der Waals surface area contributed by atoms with Crippen LogP contribution in [-0.4, -0.2) is 16.0 Å². The minimum atomic E-state index is -0.260. The summed E-state index contributed by atoms with van der Waals surface area (Å²) in [6.45, 7) is 2.45. The fourth-order valence-electron chi connectivity index (χ4n) is 3.30. The maximum Gasteiger partial charge on any atom is 0.321 e. The Morgan fingerprint density at radius 2 is 1.68 bits per heavy atom. The van der Waals surface area contributed by atoms with Gasteiger partial charge >= 0.3 is 6.03 Å². The van der Waals surface area contributed by atoms with Crippen LogP contribution in [0.2, 0.25) is 0 Å². The molecule has 0 radical (unpaired) electrons. The van der Waals surface area contributed by atoms with E-state index < -0.39 is 0 Å². The number of fused-ring (bicyclic) bond motifs is 4. The second-order valence-electron chi connectivity index (χ2n) is 6.46. The van der Waals surface area contributed by atoms with Gasteiger partial charge in [-0.25, -0.2) is 14.8 Å². The van der Waals surface area contributed by atoms with E-state index in [0.717, 1.165) is 41.8 Å². The quantitative estimate of drug-likeness (QED) is 0.406. The van der Waals surface area contributed by atoms with Crippen LogP contribution in [0.5, 0.6) is 0 Å². The van der Waals surface area contributed by atoms with Gasteiger partial charge in [0.15, 0.2) is 5.13 Å². The van der Waals surface area contributed by atoms with Gasteiger partial charge in [0.25, 0.3) is 0 Å². The van der Waals surface area contributed by atoms with E-state index in [-0.39, 0.29) is 6.03 Å². The maximum absolute atomic E-state index is 12.4. The Labute approximate surface area is 169 Å². The number of thiazole rings is 2. The van der Waals surface area contributed by atoms with Gasteiger partial charge in [-0.05, 0) is 35.4 Å². The number of aromatic nitrogens is 2. The number of hydrogen-bond donors (Lipinski definition) is 2. The molecule has 5 aromatic rings. The molecule has 28 heavy (non-hydrogen) atoms. The van der Waals surface area contributed by atoms with Crippen LogP contribution in [0.3, 0.4) is 0 Å². The highest BCUT2D eigenvalue weighted by Gasteiger charge is 2.12. The van der Waals surface area contributed by atoms with Crippen LogP contribution in [0.25, 0.3) is 31.2 Å². The van der Waals surface area contributed by atoms with Crippen molar-refractivity contribution in [1.82, 2.24) is 15.3 Å². The number of urea groups is 1. The molecule has 5 rings (SSSR count). The predicted octanol–water partition coefficient (Wildman–Crippen LogP) is 5.69. The van der Waals surface area contributed by atoms with Gasteiger partial charge in [-0.15, -0.1) is 11.3 Å². The van der Waals surface area contributed by atoms with E-state index in [1.54, 1.807) is 11.3 Å². The number of carbonyl (C=O) groups is 1. The monoisotopic (exact) mass is 404 g/mol.